The van der Waals surface area contributed by atoms with Crippen molar-refractivity contribution in [2.75, 3.05) is 14.2 Å². The molecule has 0 saturated heterocycles. The van der Waals surface area contributed by atoms with E-state index in [4.69, 9.17) is 9.47 Å². The number of methoxy groups -OCH3 is 2. The third kappa shape index (κ3) is 4.80. The van der Waals surface area contributed by atoms with Gasteiger partial charge in [-0.1, -0.05) is 18.2 Å². The standard InChI is InChI=1S/C26H23N3O5/c1-33-25-15-19(26(30)34-2)9-8-18(25)14-20-17-28(13-5-7-21-6-3-4-12-27-21)24-11-10-22(29(31)32)16-23(20)24/h3-12,15-17H,13-14H2,1-2H3. The maximum Gasteiger partial charge on any atom is 0.337 e. The van der Waals surface area contributed by atoms with Gasteiger partial charge in [0.05, 0.1) is 30.4 Å². The Bertz CT molecular complexity index is 1380. The van der Waals surface area contributed by atoms with E-state index in [0.29, 0.717) is 24.3 Å². The molecule has 0 aliphatic rings. The van der Waals surface area contributed by atoms with E-state index in [1.807, 2.05) is 47.2 Å². The van der Waals surface area contributed by atoms with Gasteiger partial charge in [0.2, 0.25) is 0 Å². The van der Waals surface area contributed by atoms with Crippen molar-refractivity contribution in [3.8, 4) is 5.75 Å². The van der Waals surface area contributed by atoms with Gasteiger partial charge in [-0.25, -0.2) is 4.79 Å². The van der Waals surface area contributed by atoms with Crippen LogP contribution in [0.25, 0.3) is 17.0 Å². The molecule has 34 heavy (non-hydrogen) atoms. The van der Waals surface area contributed by atoms with Gasteiger partial charge in [-0.2, -0.15) is 0 Å². The molecule has 0 N–H and O–H groups in total. The number of pyridine rings is 1. The third-order valence-corrected chi connectivity index (χ3v) is 5.53. The number of hydrogen-bond acceptors (Lipinski definition) is 6. The van der Waals surface area contributed by atoms with Crippen LogP contribution >= 0.6 is 0 Å². The Morgan fingerprint density at radius 1 is 1.12 bits per heavy atom. The number of nitro benzene ring substituents is 1. The highest BCUT2D eigenvalue weighted by Gasteiger charge is 2.16. The number of aromatic nitrogens is 2. The van der Waals surface area contributed by atoms with Gasteiger partial charge >= 0.3 is 5.97 Å². The normalized spacial score (nSPS) is 11.1. The smallest absolute Gasteiger partial charge is 0.337 e. The maximum atomic E-state index is 11.9. The van der Waals surface area contributed by atoms with E-state index in [9.17, 15) is 14.9 Å². The predicted molar refractivity (Wildman–Crippen MR) is 129 cm³/mol. The van der Waals surface area contributed by atoms with E-state index in [2.05, 4.69) is 4.98 Å². The summed E-state index contributed by atoms with van der Waals surface area (Å²) in [6, 6.07) is 15.7. The van der Waals surface area contributed by atoms with E-state index in [1.165, 1.54) is 20.3 Å². The van der Waals surface area contributed by atoms with Gasteiger partial charge < -0.3 is 14.0 Å². The van der Waals surface area contributed by atoms with Crippen molar-refractivity contribution in [3.05, 3.63) is 106 Å². The van der Waals surface area contributed by atoms with Crippen LogP contribution in [0.2, 0.25) is 0 Å². The summed E-state index contributed by atoms with van der Waals surface area (Å²) in [6.45, 7) is 0.573. The number of nitrogens with zero attached hydrogens (tertiary/aromatic N) is 3. The average Bonchev–Trinajstić information content (AvgIpc) is 3.20. The molecule has 2 aromatic carbocycles. The minimum absolute atomic E-state index is 0.0310. The molecule has 4 aromatic rings. The molecule has 0 bridgehead atoms. The zero-order valence-corrected chi connectivity index (χ0v) is 18.8. The quantitative estimate of drug-likeness (QED) is 0.209. The molecule has 2 aromatic heterocycles. The summed E-state index contributed by atoms with van der Waals surface area (Å²) in [5.74, 6) is 0.0982. The number of fused-ring (bicyclic) bond motifs is 1. The number of ether oxygens (including phenoxy) is 2. The minimum atomic E-state index is -0.447. The first-order valence-electron chi connectivity index (χ1n) is 10.6. The fourth-order valence-electron chi connectivity index (χ4n) is 3.87. The van der Waals surface area contributed by atoms with E-state index < -0.39 is 10.9 Å². The molecule has 172 valence electrons. The molecule has 8 nitrogen and oxygen atoms in total. The Hall–Kier alpha value is -4.46. The Labute approximate surface area is 196 Å². The van der Waals surface area contributed by atoms with Crippen LogP contribution in [0.1, 0.15) is 27.2 Å². The number of carbonyl (C=O) groups excluding carboxylic acids is 1. The zero-order valence-electron chi connectivity index (χ0n) is 18.8. The highest BCUT2D eigenvalue weighted by atomic mass is 16.6. The van der Waals surface area contributed by atoms with Crippen molar-refractivity contribution in [3.63, 3.8) is 0 Å². The molecule has 0 aliphatic heterocycles. The second kappa shape index (κ2) is 9.99. The Morgan fingerprint density at radius 2 is 1.97 bits per heavy atom. The summed E-state index contributed by atoms with van der Waals surface area (Å²) in [4.78, 5) is 27.2. The molecule has 0 aliphatic carbocycles. The number of nitro groups is 1. The molecule has 8 heteroatoms. The monoisotopic (exact) mass is 457 g/mol. The topological polar surface area (TPSA) is 96.5 Å². The molecular weight excluding hydrogens is 434 g/mol. The van der Waals surface area contributed by atoms with Crippen LogP contribution in [0, 0.1) is 10.1 Å². The van der Waals surface area contributed by atoms with Crippen LogP contribution in [0.15, 0.2) is 73.1 Å². The number of rotatable bonds is 8. The second-order valence-electron chi connectivity index (χ2n) is 7.62. The summed E-state index contributed by atoms with van der Waals surface area (Å²) in [7, 11) is 2.86. The number of hydrogen-bond donors (Lipinski definition) is 0. The molecule has 0 amide bonds. The van der Waals surface area contributed by atoms with Crippen LogP contribution in [0.3, 0.4) is 0 Å². The van der Waals surface area contributed by atoms with E-state index in [1.54, 1.807) is 30.5 Å². The molecule has 0 fully saturated rings. The lowest BCUT2D eigenvalue weighted by atomic mass is 10.0. The van der Waals surface area contributed by atoms with Crippen LogP contribution in [-0.2, 0) is 17.7 Å². The Kier molecular flexibility index (Phi) is 6.68. The Morgan fingerprint density at radius 3 is 2.68 bits per heavy atom. The van der Waals surface area contributed by atoms with Gasteiger partial charge in [-0.05, 0) is 47.5 Å². The number of benzene rings is 2. The van der Waals surface area contributed by atoms with Crippen LogP contribution in [0.5, 0.6) is 5.75 Å². The predicted octanol–water partition coefficient (Wildman–Crippen LogP) is 5.04. The molecule has 2 heterocycles. The van der Waals surface area contributed by atoms with Gasteiger partial charge in [0, 0.05) is 48.4 Å². The van der Waals surface area contributed by atoms with Crippen LogP contribution in [-0.4, -0.2) is 34.7 Å². The number of non-ortho nitro benzene ring substituents is 1. The van der Waals surface area contributed by atoms with Crippen LogP contribution in [0.4, 0.5) is 5.69 Å². The van der Waals surface area contributed by atoms with Gasteiger partial charge in [0.25, 0.3) is 5.69 Å². The van der Waals surface area contributed by atoms with Crippen molar-refractivity contribution >= 4 is 28.6 Å². The molecule has 0 radical (unpaired) electrons. The van der Waals surface area contributed by atoms with Crippen molar-refractivity contribution in [2.24, 2.45) is 0 Å². The van der Waals surface area contributed by atoms with E-state index in [-0.39, 0.29) is 5.69 Å². The zero-order chi connectivity index (χ0) is 24.1. The molecule has 0 atom stereocenters. The maximum absolute atomic E-state index is 11.9. The molecule has 0 unspecified atom stereocenters. The molecular formula is C26H23N3O5. The second-order valence-corrected chi connectivity index (χ2v) is 7.62. The van der Waals surface area contributed by atoms with E-state index in [0.717, 1.165) is 27.7 Å². The molecule has 0 saturated carbocycles. The fraction of sp³-hybridized carbons (Fsp3) is 0.154. The average molecular weight is 457 g/mol. The lowest BCUT2D eigenvalue weighted by Crippen LogP contribution is -2.03. The summed E-state index contributed by atoms with van der Waals surface area (Å²) in [6.07, 6.45) is 8.13. The lowest BCUT2D eigenvalue weighted by molar-refractivity contribution is -0.384. The fourth-order valence-corrected chi connectivity index (χ4v) is 3.87. The summed E-state index contributed by atoms with van der Waals surface area (Å²) in [5.41, 5.74) is 3.92. The largest absolute Gasteiger partial charge is 0.496 e. The minimum Gasteiger partial charge on any atom is -0.496 e. The van der Waals surface area contributed by atoms with Crippen molar-refractivity contribution in [1.29, 1.82) is 0 Å². The first-order chi connectivity index (χ1) is 16.5. The number of allylic oxidation sites excluding steroid dienone is 1. The van der Waals surface area contributed by atoms with Crippen molar-refractivity contribution in [2.45, 2.75) is 13.0 Å². The first-order valence-corrected chi connectivity index (χ1v) is 10.6. The van der Waals surface area contributed by atoms with Gasteiger partial charge in [-0.15, -0.1) is 0 Å². The summed E-state index contributed by atoms with van der Waals surface area (Å²) in [5, 5.41) is 12.2. The highest BCUT2D eigenvalue weighted by Crippen LogP contribution is 2.31. The third-order valence-electron chi connectivity index (χ3n) is 5.53. The number of carbonyl (C=O) groups is 1. The molecule has 4 rings (SSSR count). The van der Waals surface area contributed by atoms with Crippen LogP contribution < -0.4 is 4.74 Å². The number of esters is 1. The van der Waals surface area contributed by atoms with Crippen molar-refractivity contribution < 1.29 is 19.2 Å². The summed E-state index contributed by atoms with van der Waals surface area (Å²) >= 11 is 0. The SMILES string of the molecule is COC(=O)c1ccc(Cc2cn(CC=Cc3ccccn3)c3ccc([N+](=O)[O-])cc23)c(OC)c1. The van der Waals surface area contributed by atoms with Gasteiger partial charge in [-0.3, -0.25) is 15.1 Å². The molecule has 0 spiro atoms. The van der Waals surface area contributed by atoms with Gasteiger partial charge in [0.1, 0.15) is 5.75 Å². The Balaban J connectivity index is 1.71. The van der Waals surface area contributed by atoms with Crippen molar-refractivity contribution in [1.82, 2.24) is 9.55 Å². The van der Waals surface area contributed by atoms with E-state index >= 15 is 0 Å². The van der Waals surface area contributed by atoms with Gasteiger partial charge in [0.15, 0.2) is 0 Å². The highest BCUT2D eigenvalue weighted by molar-refractivity contribution is 5.90. The lowest BCUT2D eigenvalue weighted by Gasteiger charge is -2.10. The first kappa shape index (κ1) is 22.7. The summed E-state index contributed by atoms with van der Waals surface area (Å²) < 4.78 is 12.3.